The van der Waals surface area contributed by atoms with E-state index < -0.39 is 0 Å². The second-order valence-corrected chi connectivity index (χ2v) is 4.40. The molecule has 3 nitrogen and oxygen atoms in total. The van der Waals surface area contributed by atoms with Gasteiger partial charge in [-0.3, -0.25) is 4.57 Å². The molecule has 16 heavy (non-hydrogen) atoms. The first-order valence-corrected chi connectivity index (χ1v) is 5.49. The smallest absolute Gasteiger partial charge is 0.302 e. The first kappa shape index (κ1) is 11.3. The van der Waals surface area contributed by atoms with Crippen LogP contribution in [0.3, 0.4) is 0 Å². The van der Waals surface area contributed by atoms with Crippen LogP contribution in [-0.4, -0.2) is 9.13 Å². The molecule has 0 unspecified atom stereocenters. The standard InChI is InChI=1S/C11H10Cl2N2O/c1-14-4-5-15(11(14)16)7-8-6-9(12)2-3-10(8)13/h2-6H,7H2,1H3. The molecule has 1 aromatic heterocycles. The molecule has 0 spiro atoms. The molecular formula is C11H10Cl2N2O. The average molecular weight is 257 g/mol. The van der Waals surface area contributed by atoms with Gasteiger partial charge in [0.05, 0.1) is 6.54 Å². The van der Waals surface area contributed by atoms with Gasteiger partial charge in [0.15, 0.2) is 0 Å². The topological polar surface area (TPSA) is 26.9 Å². The Labute approximate surface area is 103 Å². The molecule has 0 amide bonds. The van der Waals surface area contributed by atoms with E-state index in [1.54, 1.807) is 42.2 Å². The van der Waals surface area contributed by atoms with Crippen LogP contribution in [0.4, 0.5) is 0 Å². The molecule has 2 aromatic rings. The van der Waals surface area contributed by atoms with Gasteiger partial charge in [0, 0.05) is 29.5 Å². The summed E-state index contributed by atoms with van der Waals surface area (Å²) in [6, 6.07) is 5.22. The van der Waals surface area contributed by atoms with Crippen LogP contribution in [0, 0.1) is 0 Å². The first-order chi connectivity index (χ1) is 7.58. The fourth-order valence-electron chi connectivity index (χ4n) is 1.48. The number of nitrogens with zero attached hydrogens (tertiary/aromatic N) is 2. The summed E-state index contributed by atoms with van der Waals surface area (Å²) in [5.74, 6) is 0. The van der Waals surface area contributed by atoms with Gasteiger partial charge in [-0.15, -0.1) is 0 Å². The third kappa shape index (κ3) is 2.15. The zero-order valence-electron chi connectivity index (χ0n) is 8.65. The van der Waals surface area contributed by atoms with Gasteiger partial charge < -0.3 is 4.57 Å². The zero-order valence-corrected chi connectivity index (χ0v) is 10.2. The largest absolute Gasteiger partial charge is 0.328 e. The van der Waals surface area contributed by atoms with Crippen molar-refractivity contribution in [3.63, 3.8) is 0 Å². The van der Waals surface area contributed by atoms with Gasteiger partial charge in [-0.25, -0.2) is 4.79 Å². The summed E-state index contributed by atoms with van der Waals surface area (Å²) in [4.78, 5) is 11.6. The number of benzene rings is 1. The van der Waals surface area contributed by atoms with E-state index in [4.69, 9.17) is 23.2 Å². The van der Waals surface area contributed by atoms with Crippen molar-refractivity contribution in [2.75, 3.05) is 0 Å². The number of hydrogen-bond donors (Lipinski definition) is 0. The predicted molar refractivity (Wildman–Crippen MR) is 65.2 cm³/mol. The van der Waals surface area contributed by atoms with E-state index in [2.05, 4.69) is 0 Å². The van der Waals surface area contributed by atoms with Crippen molar-refractivity contribution in [1.82, 2.24) is 9.13 Å². The monoisotopic (exact) mass is 256 g/mol. The SMILES string of the molecule is Cn1ccn(Cc2cc(Cl)ccc2Cl)c1=O. The maximum absolute atomic E-state index is 11.6. The highest BCUT2D eigenvalue weighted by atomic mass is 35.5. The minimum absolute atomic E-state index is 0.0731. The summed E-state index contributed by atoms with van der Waals surface area (Å²) < 4.78 is 3.09. The van der Waals surface area contributed by atoms with Crippen molar-refractivity contribution in [3.8, 4) is 0 Å². The van der Waals surface area contributed by atoms with E-state index in [9.17, 15) is 4.79 Å². The van der Waals surface area contributed by atoms with Gasteiger partial charge in [-0.1, -0.05) is 23.2 Å². The van der Waals surface area contributed by atoms with Gasteiger partial charge in [0.25, 0.3) is 0 Å². The van der Waals surface area contributed by atoms with E-state index in [0.29, 0.717) is 16.6 Å². The van der Waals surface area contributed by atoms with Crippen LogP contribution in [0.5, 0.6) is 0 Å². The highest BCUT2D eigenvalue weighted by molar-refractivity contribution is 6.33. The Kier molecular flexibility index (Phi) is 3.08. The third-order valence-electron chi connectivity index (χ3n) is 2.37. The molecule has 0 fully saturated rings. The Morgan fingerprint density at radius 3 is 2.62 bits per heavy atom. The van der Waals surface area contributed by atoms with Crippen LogP contribution in [0.15, 0.2) is 35.4 Å². The Morgan fingerprint density at radius 1 is 1.25 bits per heavy atom. The molecule has 0 saturated heterocycles. The molecule has 1 aromatic carbocycles. The molecule has 0 aliphatic rings. The fraction of sp³-hybridized carbons (Fsp3) is 0.182. The Balaban J connectivity index is 2.37. The lowest BCUT2D eigenvalue weighted by molar-refractivity contribution is 0.718. The maximum atomic E-state index is 11.6. The van der Waals surface area contributed by atoms with Crippen molar-refractivity contribution in [3.05, 3.63) is 56.7 Å². The minimum atomic E-state index is -0.0731. The molecule has 0 aliphatic carbocycles. The Morgan fingerprint density at radius 2 is 2.00 bits per heavy atom. The van der Waals surface area contributed by atoms with Crippen molar-refractivity contribution in [1.29, 1.82) is 0 Å². The van der Waals surface area contributed by atoms with Crippen LogP contribution >= 0.6 is 23.2 Å². The lowest BCUT2D eigenvalue weighted by Crippen LogP contribution is -2.22. The number of halogens is 2. The third-order valence-corrected chi connectivity index (χ3v) is 2.97. The predicted octanol–water partition coefficient (Wildman–Crippen LogP) is 2.54. The average Bonchev–Trinajstić information content (AvgIpc) is 2.55. The molecule has 1 heterocycles. The van der Waals surface area contributed by atoms with Crippen molar-refractivity contribution < 1.29 is 0 Å². The van der Waals surface area contributed by atoms with E-state index in [1.807, 2.05) is 0 Å². The molecular weight excluding hydrogens is 247 g/mol. The molecule has 0 bridgehead atoms. The molecule has 0 atom stereocenters. The number of imidazole rings is 1. The molecule has 84 valence electrons. The van der Waals surface area contributed by atoms with E-state index in [0.717, 1.165) is 5.56 Å². The van der Waals surface area contributed by atoms with E-state index in [1.165, 1.54) is 4.57 Å². The number of aromatic nitrogens is 2. The summed E-state index contributed by atoms with van der Waals surface area (Å²) in [6.07, 6.45) is 3.43. The molecule has 0 aliphatic heterocycles. The Hall–Kier alpha value is -1.19. The quantitative estimate of drug-likeness (QED) is 0.812. The van der Waals surface area contributed by atoms with Crippen LogP contribution in [0.1, 0.15) is 5.56 Å². The summed E-state index contributed by atoms with van der Waals surface area (Å²) in [7, 11) is 1.71. The summed E-state index contributed by atoms with van der Waals surface area (Å²) in [6.45, 7) is 0.430. The van der Waals surface area contributed by atoms with Crippen LogP contribution in [0.2, 0.25) is 10.0 Å². The highest BCUT2D eigenvalue weighted by Crippen LogP contribution is 2.20. The van der Waals surface area contributed by atoms with Gasteiger partial charge in [-0.2, -0.15) is 0 Å². The number of hydrogen-bond acceptors (Lipinski definition) is 1. The normalized spacial score (nSPS) is 10.7. The van der Waals surface area contributed by atoms with E-state index >= 15 is 0 Å². The van der Waals surface area contributed by atoms with Crippen LogP contribution in [-0.2, 0) is 13.6 Å². The molecule has 0 saturated carbocycles. The van der Waals surface area contributed by atoms with Crippen molar-refractivity contribution in [2.45, 2.75) is 6.54 Å². The molecule has 5 heteroatoms. The highest BCUT2D eigenvalue weighted by Gasteiger charge is 2.05. The van der Waals surface area contributed by atoms with Gasteiger partial charge in [0.2, 0.25) is 0 Å². The van der Waals surface area contributed by atoms with Gasteiger partial charge in [0.1, 0.15) is 0 Å². The van der Waals surface area contributed by atoms with E-state index in [-0.39, 0.29) is 5.69 Å². The van der Waals surface area contributed by atoms with Crippen LogP contribution in [0.25, 0.3) is 0 Å². The summed E-state index contributed by atoms with van der Waals surface area (Å²) in [5, 5.41) is 1.23. The summed E-state index contributed by atoms with van der Waals surface area (Å²) in [5.41, 5.74) is 0.763. The Bertz CT molecular complexity index is 572. The first-order valence-electron chi connectivity index (χ1n) is 4.73. The second kappa shape index (κ2) is 4.36. The number of rotatable bonds is 2. The van der Waals surface area contributed by atoms with Crippen LogP contribution < -0.4 is 5.69 Å². The summed E-state index contributed by atoms with van der Waals surface area (Å²) >= 11 is 11.9. The van der Waals surface area contributed by atoms with Gasteiger partial charge in [-0.05, 0) is 23.8 Å². The zero-order chi connectivity index (χ0) is 11.7. The van der Waals surface area contributed by atoms with Crippen molar-refractivity contribution >= 4 is 23.2 Å². The fourth-order valence-corrected chi connectivity index (χ4v) is 1.85. The lowest BCUT2D eigenvalue weighted by atomic mass is 10.2. The minimum Gasteiger partial charge on any atom is -0.302 e. The molecule has 0 radical (unpaired) electrons. The molecule has 2 rings (SSSR count). The van der Waals surface area contributed by atoms with Gasteiger partial charge >= 0.3 is 5.69 Å². The van der Waals surface area contributed by atoms with Crippen molar-refractivity contribution in [2.24, 2.45) is 7.05 Å². The maximum Gasteiger partial charge on any atom is 0.328 e. The lowest BCUT2D eigenvalue weighted by Gasteiger charge is -2.05. The second-order valence-electron chi connectivity index (χ2n) is 3.56. The number of aryl methyl sites for hydroxylation is 1. The molecule has 0 N–H and O–H groups in total.